The van der Waals surface area contributed by atoms with E-state index in [2.05, 4.69) is 0 Å². The van der Waals surface area contributed by atoms with Gasteiger partial charge in [-0.1, -0.05) is 35.9 Å². The largest absolute Gasteiger partial charge is 0.507 e. The van der Waals surface area contributed by atoms with Crippen LogP contribution in [0.15, 0.2) is 42.2 Å². The number of carbonyl (C=O) groups excluding carboxylic acids is 1. The number of hydrogen-bond donors (Lipinski definition) is 1. The first-order chi connectivity index (χ1) is 15.5. The second-order valence-corrected chi connectivity index (χ2v) is 9.11. The van der Waals surface area contributed by atoms with E-state index >= 15 is 0 Å². The van der Waals surface area contributed by atoms with Gasteiger partial charge >= 0.3 is 12.1 Å². The van der Waals surface area contributed by atoms with Crippen LogP contribution in [0, 0.1) is 13.8 Å². The van der Waals surface area contributed by atoms with E-state index in [1.165, 1.54) is 0 Å². The van der Waals surface area contributed by atoms with Gasteiger partial charge in [-0.05, 0) is 79.5 Å². The van der Waals surface area contributed by atoms with E-state index in [9.17, 15) is 23.1 Å². The molecule has 2 aliphatic rings. The molecule has 2 aromatic carbocycles. The van der Waals surface area contributed by atoms with Gasteiger partial charge in [0, 0.05) is 5.02 Å². The molecule has 2 aromatic rings. The van der Waals surface area contributed by atoms with Crippen molar-refractivity contribution in [2.24, 2.45) is 0 Å². The van der Waals surface area contributed by atoms with E-state index in [0.717, 1.165) is 22.3 Å². The first-order valence-corrected chi connectivity index (χ1v) is 11.1. The van der Waals surface area contributed by atoms with Crippen LogP contribution in [0.5, 0.6) is 0 Å². The van der Waals surface area contributed by atoms with Crippen molar-refractivity contribution in [2.75, 3.05) is 6.61 Å². The van der Waals surface area contributed by atoms with Crippen LogP contribution in [0.1, 0.15) is 42.4 Å². The first-order valence-electron chi connectivity index (χ1n) is 10.7. The Bertz CT molecular complexity index is 1100. The Hall–Kier alpha value is -2.51. The summed E-state index contributed by atoms with van der Waals surface area (Å²) in [6.45, 7) is 2.43. The predicted molar refractivity (Wildman–Crippen MR) is 119 cm³/mol. The number of aryl methyl sites for hydroxylation is 1. The Balaban J connectivity index is 1.65. The van der Waals surface area contributed by atoms with Crippen LogP contribution in [0.4, 0.5) is 13.2 Å². The van der Waals surface area contributed by atoms with Gasteiger partial charge in [0.05, 0.1) is 6.10 Å². The summed E-state index contributed by atoms with van der Waals surface area (Å²) in [6, 6.07) is 11.2. The number of ether oxygens (including phenoxy) is 2. The highest BCUT2D eigenvalue weighted by molar-refractivity contribution is 6.30. The number of rotatable bonds is 4. The van der Waals surface area contributed by atoms with Crippen molar-refractivity contribution in [3.63, 3.8) is 0 Å². The molecular formula is C25H24ClF3O4. The van der Waals surface area contributed by atoms with Gasteiger partial charge in [-0.25, -0.2) is 4.79 Å². The molecule has 1 aliphatic heterocycles. The zero-order valence-electron chi connectivity index (χ0n) is 18.3. The second kappa shape index (κ2) is 8.69. The summed E-state index contributed by atoms with van der Waals surface area (Å²) < 4.78 is 48.0. The fourth-order valence-corrected chi connectivity index (χ4v) is 4.90. The summed E-state index contributed by atoms with van der Waals surface area (Å²) in [5.41, 5.74) is 2.94. The summed E-state index contributed by atoms with van der Waals surface area (Å²) in [6.07, 6.45) is -4.08. The molecule has 0 amide bonds. The topological polar surface area (TPSA) is 55.8 Å². The molecular weight excluding hydrogens is 457 g/mol. The van der Waals surface area contributed by atoms with Gasteiger partial charge in [-0.15, -0.1) is 0 Å². The molecule has 0 aromatic heterocycles. The van der Waals surface area contributed by atoms with Crippen LogP contribution >= 0.6 is 11.6 Å². The number of halogens is 4. The molecule has 1 saturated carbocycles. The minimum absolute atomic E-state index is 0.121. The standard InChI is InChI=1S/C25H24ClF3O4/c1-14-3-8-19(16-4-6-17(26)7-5-16)15(2)20(14)21-22(30)24(33-23(21)31)11-9-18(10-12-24)32-13-25(27,28)29/h3-8,18,30H,9-13H2,1-2H3. The Kier molecular flexibility index (Phi) is 6.22. The molecule has 4 rings (SSSR count). The third kappa shape index (κ3) is 4.62. The summed E-state index contributed by atoms with van der Waals surface area (Å²) >= 11 is 6.01. The zero-order chi connectivity index (χ0) is 24.0. The highest BCUT2D eigenvalue weighted by atomic mass is 35.5. The van der Waals surface area contributed by atoms with Crippen LogP contribution in [-0.4, -0.2) is 35.6 Å². The molecule has 4 nitrogen and oxygen atoms in total. The van der Waals surface area contributed by atoms with Crippen LogP contribution in [0.2, 0.25) is 5.02 Å². The molecule has 176 valence electrons. The van der Waals surface area contributed by atoms with Crippen molar-refractivity contribution < 1.29 is 32.5 Å². The third-order valence-electron chi connectivity index (χ3n) is 6.46. The molecule has 33 heavy (non-hydrogen) atoms. The molecule has 1 fully saturated rings. The summed E-state index contributed by atoms with van der Waals surface area (Å²) in [5.74, 6) is -0.775. The van der Waals surface area contributed by atoms with E-state index in [0.29, 0.717) is 10.6 Å². The van der Waals surface area contributed by atoms with Crippen LogP contribution < -0.4 is 0 Å². The molecule has 1 heterocycles. The third-order valence-corrected chi connectivity index (χ3v) is 6.71. The summed E-state index contributed by atoms with van der Waals surface area (Å²) in [5, 5.41) is 11.8. The number of benzene rings is 2. The average Bonchev–Trinajstić information content (AvgIpc) is 2.98. The molecule has 0 radical (unpaired) electrons. The SMILES string of the molecule is Cc1ccc(-c2ccc(Cl)cc2)c(C)c1C1=C(O)C2(CCC(OCC(F)(F)F)CC2)OC1=O. The Morgan fingerprint density at radius 1 is 1.12 bits per heavy atom. The van der Waals surface area contributed by atoms with Gasteiger partial charge in [0.1, 0.15) is 12.2 Å². The monoisotopic (exact) mass is 480 g/mol. The van der Waals surface area contributed by atoms with Crippen molar-refractivity contribution in [1.82, 2.24) is 0 Å². The minimum Gasteiger partial charge on any atom is -0.507 e. The van der Waals surface area contributed by atoms with Gasteiger partial charge in [-0.3, -0.25) is 0 Å². The van der Waals surface area contributed by atoms with E-state index in [1.807, 2.05) is 38.1 Å². The number of esters is 1. The smallest absolute Gasteiger partial charge is 0.411 e. The predicted octanol–water partition coefficient (Wildman–Crippen LogP) is 6.71. The maximum atomic E-state index is 13.0. The van der Waals surface area contributed by atoms with Gasteiger partial charge in [0.25, 0.3) is 0 Å². The Labute approximate surface area is 195 Å². The van der Waals surface area contributed by atoms with Crippen LogP contribution in [-0.2, 0) is 14.3 Å². The quantitative estimate of drug-likeness (QED) is 0.494. The van der Waals surface area contributed by atoms with E-state index in [4.69, 9.17) is 21.1 Å². The maximum Gasteiger partial charge on any atom is 0.411 e. The van der Waals surface area contributed by atoms with E-state index in [-0.39, 0.29) is 37.0 Å². The van der Waals surface area contributed by atoms with Gasteiger partial charge in [0.2, 0.25) is 0 Å². The van der Waals surface area contributed by atoms with Gasteiger partial charge in [0.15, 0.2) is 11.4 Å². The van der Waals surface area contributed by atoms with Crippen molar-refractivity contribution >= 4 is 23.1 Å². The molecule has 0 bridgehead atoms. The van der Waals surface area contributed by atoms with Gasteiger partial charge in [-0.2, -0.15) is 13.2 Å². The lowest BCUT2D eigenvalue weighted by Gasteiger charge is -2.35. The fraction of sp³-hybridized carbons (Fsp3) is 0.400. The lowest BCUT2D eigenvalue weighted by atomic mass is 9.80. The lowest BCUT2D eigenvalue weighted by molar-refractivity contribution is -0.192. The normalized spacial score (nSPS) is 23.3. The van der Waals surface area contributed by atoms with E-state index in [1.54, 1.807) is 12.1 Å². The lowest BCUT2D eigenvalue weighted by Crippen LogP contribution is -2.39. The minimum atomic E-state index is -4.39. The van der Waals surface area contributed by atoms with Crippen molar-refractivity contribution in [1.29, 1.82) is 0 Å². The molecule has 1 spiro atoms. The number of aliphatic hydroxyl groups excluding tert-OH is 1. The second-order valence-electron chi connectivity index (χ2n) is 8.67. The highest BCUT2D eigenvalue weighted by Crippen LogP contribution is 2.47. The number of carbonyl (C=O) groups is 1. The molecule has 1 N–H and O–H groups in total. The van der Waals surface area contributed by atoms with Crippen molar-refractivity contribution in [3.8, 4) is 11.1 Å². The van der Waals surface area contributed by atoms with Crippen molar-refractivity contribution in [2.45, 2.75) is 57.4 Å². The molecule has 0 atom stereocenters. The van der Waals surface area contributed by atoms with Crippen molar-refractivity contribution in [3.05, 3.63) is 63.9 Å². The maximum absolute atomic E-state index is 13.0. The van der Waals surface area contributed by atoms with Crippen LogP contribution in [0.3, 0.4) is 0 Å². The number of hydrogen-bond acceptors (Lipinski definition) is 4. The summed E-state index contributed by atoms with van der Waals surface area (Å²) in [4.78, 5) is 13.0. The molecule has 0 saturated heterocycles. The first kappa shape index (κ1) is 23.6. The molecule has 0 unspecified atom stereocenters. The number of aliphatic hydroxyl groups is 1. The fourth-order valence-electron chi connectivity index (χ4n) is 4.77. The average molecular weight is 481 g/mol. The summed E-state index contributed by atoms with van der Waals surface area (Å²) in [7, 11) is 0. The number of alkyl halides is 3. The zero-order valence-corrected chi connectivity index (χ0v) is 19.0. The Morgan fingerprint density at radius 2 is 1.76 bits per heavy atom. The van der Waals surface area contributed by atoms with Crippen LogP contribution in [0.25, 0.3) is 16.7 Å². The van der Waals surface area contributed by atoms with Gasteiger partial charge < -0.3 is 14.6 Å². The highest BCUT2D eigenvalue weighted by Gasteiger charge is 2.51. The van der Waals surface area contributed by atoms with E-state index < -0.39 is 30.5 Å². The molecule has 8 heteroatoms. The molecule has 1 aliphatic carbocycles. The Morgan fingerprint density at radius 3 is 2.36 bits per heavy atom.